The molecule has 0 radical (unpaired) electrons. The highest BCUT2D eigenvalue weighted by molar-refractivity contribution is 5.81. The van der Waals surface area contributed by atoms with E-state index >= 15 is 0 Å². The quantitative estimate of drug-likeness (QED) is 0.745. The van der Waals surface area contributed by atoms with E-state index in [1.54, 1.807) is 0 Å². The summed E-state index contributed by atoms with van der Waals surface area (Å²) in [6.45, 7) is 13.3. The minimum Gasteiger partial charge on any atom is -0.342 e. The van der Waals surface area contributed by atoms with Crippen molar-refractivity contribution in [1.29, 1.82) is 0 Å². The molecular formula is C14H29N3O. The fourth-order valence-electron chi connectivity index (χ4n) is 2.71. The second kappa shape index (κ2) is 7.74. The number of rotatable bonds is 7. The summed E-state index contributed by atoms with van der Waals surface area (Å²) in [7, 11) is 0. The summed E-state index contributed by atoms with van der Waals surface area (Å²) in [4.78, 5) is 16.5. The Balaban J connectivity index is 2.33. The predicted molar refractivity (Wildman–Crippen MR) is 75.7 cm³/mol. The van der Waals surface area contributed by atoms with Crippen molar-refractivity contribution in [2.45, 2.75) is 52.6 Å². The maximum atomic E-state index is 12.1. The number of carbonyl (C=O) groups excluding carboxylic acids is 1. The van der Waals surface area contributed by atoms with Gasteiger partial charge in [0.2, 0.25) is 5.91 Å². The van der Waals surface area contributed by atoms with E-state index < -0.39 is 0 Å². The molecule has 4 heteroatoms. The predicted octanol–water partition coefficient (Wildman–Crippen LogP) is 1.32. The lowest BCUT2D eigenvalue weighted by molar-refractivity contribution is -0.132. The molecule has 1 N–H and O–H groups in total. The summed E-state index contributed by atoms with van der Waals surface area (Å²) < 4.78 is 0. The van der Waals surface area contributed by atoms with Crippen LogP contribution in [0, 0.1) is 0 Å². The minimum atomic E-state index is -0.0810. The van der Waals surface area contributed by atoms with E-state index in [2.05, 4.69) is 17.1 Å². The Kier molecular flexibility index (Phi) is 6.65. The van der Waals surface area contributed by atoms with E-state index in [-0.39, 0.29) is 11.9 Å². The smallest absolute Gasteiger partial charge is 0.239 e. The van der Waals surface area contributed by atoms with Gasteiger partial charge in [0, 0.05) is 25.7 Å². The van der Waals surface area contributed by atoms with Crippen molar-refractivity contribution < 1.29 is 4.79 Å². The Morgan fingerprint density at radius 1 is 1.22 bits per heavy atom. The van der Waals surface area contributed by atoms with Gasteiger partial charge in [0.25, 0.3) is 0 Å². The third-order valence-corrected chi connectivity index (χ3v) is 3.71. The van der Waals surface area contributed by atoms with Crippen LogP contribution in [0.25, 0.3) is 0 Å². The first-order valence-electron chi connectivity index (χ1n) is 7.35. The Morgan fingerprint density at radius 2 is 1.78 bits per heavy atom. The molecule has 0 spiro atoms. The molecule has 4 nitrogen and oxygen atoms in total. The molecule has 0 bridgehead atoms. The first-order valence-corrected chi connectivity index (χ1v) is 7.35. The summed E-state index contributed by atoms with van der Waals surface area (Å²) >= 11 is 0. The Bertz CT molecular complexity index is 247. The molecule has 1 fully saturated rings. The topological polar surface area (TPSA) is 35.6 Å². The number of nitrogens with one attached hydrogen (secondary N) is 1. The van der Waals surface area contributed by atoms with Gasteiger partial charge in [0.05, 0.1) is 6.04 Å². The van der Waals surface area contributed by atoms with Crippen LogP contribution < -0.4 is 5.32 Å². The van der Waals surface area contributed by atoms with E-state index in [4.69, 9.17) is 0 Å². The second-order valence-electron chi connectivity index (χ2n) is 5.31. The summed E-state index contributed by atoms with van der Waals surface area (Å²) in [5, 5.41) is 3.42. The van der Waals surface area contributed by atoms with E-state index in [1.165, 1.54) is 25.9 Å². The number of likely N-dealkylation sites (tertiary alicyclic amines) is 1. The van der Waals surface area contributed by atoms with E-state index in [9.17, 15) is 4.79 Å². The molecule has 1 aliphatic rings. The highest BCUT2D eigenvalue weighted by Crippen LogP contribution is 2.08. The van der Waals surface area contributed by atoms with E-state index in [1.807, 2.05) is 25.7 Å². The van der Waals surface area contributed by atoms with Gasteiger partial charge in [-0.15, -0.1) is 0 Å². The molecule has 0 saturated carbocycles. The molecule has 0 aliphatic carbocycles. The lowest BCUT2D eigenvalue weighted by Gasteiger charge is -2.27. The molecule has 1 heterocycles. The first kappa shape index (κ1) is 15.4. The third kappa shape index (κ3) is 4.58. The van der Waals surface area contributed by atoms with Crippen molar-refractivity contribution in [2.24, 2.45) is 0 Å². The van der Waals surface area contributed by atoms with Gasteiger partial charge >= 0.3 is 0 Å². The van der Waals surface area contributed by atoms with Crippen LogP contribution in [-0.4, -0.2) is 60.5 Å². The second-order valence-corrected chi connectivity index (χ2v) is 5.31. The maximum absolute atomic E-state index is 12.1. The molecule has 106 valence electrons. The SMILES string of the molecule is CCN(CC)C(=O)C(C)NC(C)CN1CCCC1. The molecule has 2 atom stereocenters. The summed E-state index contributed by atoms with van der Waals surface area (Å²) in [6.07, 6.45) is 2.64. The zero-order valence-corrected chi connectivity index (χ0v) is 12.4. The lowest BCUT2D eigenvalue weighted by Crippen LogP contribution is -2.50. The van der Waals surface area contributed by atoms with Gasteiger partial charge in [0.15, 0.2) is 0 Å². The Labute approximate surface area is 112 Å². The van der Waals surface area contributed by atoms with Crippen LogP contribution in [0.2, 0.25) is 0 Å². The van der Waals surface area contributed by atoms with Crippen molar-refractivity contribution in [3.63, 3.8) is 0 Å². The molecule has 2 unspecified atom stereocenters. The van der Waals surface area contributed by atoms with Gasteiger partial charge in [-0.05, 0) is 53.6 Å². The highest BCUT2D eigenvalue weighted by Gasteiger charge is 2.21. The zero-order valence-electron chi connectivity index (χ0n) is 12.4. The number of nitrogens with zero attached hydrogens (tertiary/aromatic N) is 2. The molecule has 0 aromatic heterocycles. The minimum absolute atomic E-state index is 0.0810. The van der Waals surface area contributed by atoms with Crippen LogP contribution in [-0.2, 0) is 4.79 Å². The average molecular weight is 255 g/mol. The molecule has 1 saturated heterocycles. The van der Waals surface area contributed by atoms with Crippen LogP contribution in [0.4, 0.5) is 0 Å². The Morgan fingerprint density at radius 3 is 2.28 bits per heavy atom. The summed E-state index contributed by atoms with van der Waals surface area (Å²) in [6, 6.07) is 0.292. The van der Waals surface area contributed by atoms with Gasteiger partial charge in [-0.2, -0.15) is 0 Å². The van der Waals surface area contributed by atoms with Crippen LogP contribution in [0.1, 0.15) is 40.5 Å². The molecule has 1 rings (SSSR count). The van der Waals surface area contributed by atoms with Crippen LogP contribution >= 0.6 is 0 Å². The van der Waals surface area contributed by atoms with Crippen molar-refractivity contribution >= 4 is 5.91 Å². The van der Waals surface area contributed by atoms with Gasteiger partial charge in [-0.3, -0.25) is 4.79 Å². The van der Waals surface area contributed by atoms with Gasteiger partial charge in [-0.1, -0.05) is 0 Å². The zero-order chi connectivity index (χ0) is 13.5. The van der Waals surface area contributed by atoms with Crippen molar-refractivity contribution in [3.8, 4) is 0 Å². The summed E-state index contributed by atoms with van der Waals surface area (Å²) in [5.41, 5.74) is 0. The van der Waals surface area contributed by atoms with Crippen molar-refractivity contribution in [3.05, 3.63) is 0 Å². The standard InChI is InChI=1S/C14H29N3O/c1-5-17(6-2)14(18)13(4)15-12(3)11-16-9-7-8-10-16/h12-13,15H,5-11H2,1-4H3. The first-order chi connectivity index (χ1) is 8.58. The van der Waals surface area contributed by atoms with Crippen LogP contribution in [0.5, 0.6) is 0 Å². The van der Waals surface area contributed by atoms with E-state index in [0.29, 0.717) is 6.04 Å². The number of amides is 1. The monoisotopic (exact) mass is 255 g/mol. The Hall–Kier alpha value is -0.610. The van der Waals surface area contributed by atoms with Gasteiger partial charge in [-0.25, -0.2) is 0 Å². The van der Waals surface area contributed by atoms with Crippen molar-refractivity contribution in [1.82, 2.24) is 15.1 Å². The van der Waals surface area contributed by atoms with Gasteiger partial charge in [0.1, 0.15) is 0 Å². The van der Waals surface area contributed by atoms with E-state index in [0.717, 1.165) is 19.6 Å². The molecule has 1 amide bonds. The number of carbonyl (C=O) groups is 1. The van der Waals surface area contributed by atoms with Gasteiger partial charge < -0.3 is 15.1 Å². The summed E-state index contributed by atoms with van der Waals surface area (Å²) in [5.74, 6) is 0.216. The molecule has 0 aromatic rings. The molecular weight excluding hydrogens is 226 g/mol. The molecule has 18 heavy (non-hydrogen) atoms. The fourth-order valence-corrected chi connectivity index (χ4v) is 2.71. The number of likely N-dealkylation sites (N-methyl/N-ethyl adjacent to an activating group) is 1. The average Bonchev–Trinajstić information content (AvgIpc) is 2.82. The highest BCUT2D eigenvalue weighted by atomic mass is 16.2. The molecule has 1 aliphatic heterocycles. The number of hydrogen-bond acceptors (Lipinski definition) is 3. The largest absolute Gasteiger partial charge is 0.342 e. The normalized spacial score (nSPS) is 19.8. The third-order valence-electron chi connectivity index (χ3n) is 3.71. The maximum Gasteiger partial charge on any atom is 0.239 e. The van der Waals surface area contributed by atoms with Crippen LogP contribution in [0.3, 0.4) is 0 Å². The lowest BCUT2D eigenvalue weighted by atomic mass is 10.2. The van der Waals surface area contributed by atoms with Crippen molar-refractivity contribution in [2.75, 3.05) is 32.7 Å². The van der Waals surface area contributed by atoms with Crippen LogP contribution in [0.15, 0.2) is 0 Å². The fraction of sp³-hybridized carbons (Fsp3) is 0.929. The number of hydrogen-bond donors (Lipinski definition) is 1. The molecule has 0 aromatic carbocycles.